The largest absolute Gasteiger partial charge is 0.354 e. The van der Waals surface area contributed by atoms with Crippen molar-refractivity contribution in [3.05, 3.63) is 131 Å². The van der Waals surface area contributed by atoms with Crippen LogP contribution in [-0.4, -0.2) is 44.3 Å². The molecule has 0 saturated heterocycles. The number of nitrogens with one attached hydrogen (secondary N) is 1. The number of carbonyl (C=O) groups is 2. The molecule has 0 aliphatic rings. The Bertz CT molecular complexity index is 1570. The minimum atomic E-state index is -4.10. The van der Waals surface area contributed by atoms with E-state index in [1.807, 2.05) is 61.5 Å². The number of para-hydroxylation sites is 1. The Morgan fingerprint density at radius 3 is 1.98 bits per heavy atom. The highest BCUT2D eigenvalue weighted by Gasteiger charge is 2.34. The topological polar surface area (TPSA) is 86.8 Å². The summed E-state index contributed by atoms with van der Waals surface area (Å²) in [5, 5.41) is 3.00. The maximum atomic E-state index is 14.4. The lowest BCUT2D eigenvalue weighted by Crippen LogP contribution is -2.53. The number of carbonyl (C=O) groups excluding carboxylic acids is 2. The summed E-state index contributed by atoms with van der Waals surface area (Å²) < 4.78 is 29.9. The van der Waals surface area contributed by atoms with Gasteiger partial charge in [0.2, 0.25) is 11.8 Å². The molecule has 4 rings (SSSR count). The van der Waals surface area contributed by atoms with E-state index in [4.69, 9.17) is 0 Å². The highest BCUT2D eigenvalue weighted by molar-refractivity contribution is 9.10. The van der Waals surface area contributed by atoms with Crippen LogP contribution in [0.1, 0.15) is 30.9 Å². The second-order valence-corrected chi connectivity index (χ2v) is 12.9. The average Bonchev–Trinajstić information content (AvgIpc) is 3.03. The van der Waals surface area contributed by atoms with E-state index in [2.05, 4.69) is 21.2 Å². The molecular formula is C34H36BrN3O4S. The van der Waals surface area contributed by atoms with Crippen LogP contribution < -0.4 is 9.62 Å². The van der Waals surface area contributed by atoms with Gasteiger partial charge < -0.3 is 10.2 Å². The van der Waals surface area contributed by atoms with Crippen molar-refractivity contribution in [2.24, 2.45) is 0 Å². The summed E-state index contributed by atoms with van der Waals surface area (Å²) in [5.74, 6) is -0.766. The first-order valence-corrected chi connectivity index (χ1v) is 16.5. The molecule has 224 valence electrons. The normalized spacial score (nSPS) is 11.9. The summed E-state index contributed by atoms with van der Waals surface area (Å²) in [4.78, 5) is 29.7. The molecule has 1 unspecified atom stereocenters. The van der Waals surface area contributed by atoms with Gasteiger partial charge in [-0.25, -0.2) is 8.42 Å². The number of sulfonamides is 1. The fraction of sp³-hybridized carbons (Fsp3) is 0.235. The van der Waals surface area contributed by atoms with Gasteiger partial charge in [0.05, 0.1) is 10.6 Å². The van der Waals surface area contributed by atoms with Gasteiger partial charge in [-0.3, -0.25) is 13.9 Å². The average molecular weight is 663 g/mol. The van der Waals surface area contributed by atoms with Crippen LogP contribution in [0.2, 0.25) is 0 Å². The van der Waals surface area contributed by atoms with Gasteiger partial charge in [0.1, 0.15) is 12.6 Å². The predicted octanol–water partition coefficient (Wildman–Crippen LogP) is 6.20. The van der Waals surface area contributed by atoms with Crippen molar-refractivity contribution in [2.75, 3.05) is 17.4 Å². The first-order valence-electron chi connectivity index (χ1n) is 14.3. The molecule has 43 heavy (non-hydrogen) atoms. The van der Waals surface area contributed by atoms with E-state index in [1.165, 1.54) is 17.0 Å². The van der Waals surface area contributed by atoms with Crippen molar-refractivity contribution in [3.63, 3.8) is 0 Å². The monoisotopic (exact) mass is 661 g/mol. The lowest BCUT2D eigenvalue weighted by atomic mass is 10.0. The van der Waals surface area contributed by atoms with Crippen molar-refractivity contribution in [1.29, 1.82) is 0 Å². The van der Waals surface area contributed by atoms with Gasteiger partial charge >= 0.3 is 0 Å². The van der Waals surface area contributed by atoms with Gasteiger partial charge in [-0.05, 0) is 53.9 Å². The molecular weight excluding hydrogens is 626 g/mol. The number of halogens is 1. The van der Waals surface area contributed by atoms with E-state index >= 15 is 0 Å². The fourth-order valence-corrected chi connectivity index (χ4v) is 6.39. The quantitative estimate of drug-likeness (QED) is 0.163. The number of unbranched alkanes of at least 4 members (excludes halogenated alkanes) is 1. The maximum absolute atomic E-state index is 14.4. The molecule has 4 aromatic carbocycles. The molecule has 0 saturated carbocycles. The summed E-state index contributed by atoms with van der Waals surface area (Å²) >= 11 is 3.46. The third-order valence-electron chi connectivity index (χ3n) is 7.02. The van der Waals surface area contributed by atoms with E-state index in [1.54, 1.807) is 48.5 Å². The van der Waals surface area contributed by atoms with Crippen molar-refractivity contribution in [2.45, 2.75) is 43.7 Å². The van der Waals surface area contributed by atoms with Crippen molar-refractivity contribution >= 4 is 43.5 Å². The lowest BCUT2D eigenvalue weighted by Gasteiger charge is -2.34. The molecule has 2 amide bonds. The molecule has 0 aromatic heterocycles. The number of hydrogen-bond acceptors (Lipinski definition) is 4. The molecule has 4 aromatic rings. The summed E-state index contributed by atoms with van der Waals surface area (Å²) in [6, 6.07) is 32.8. The van der Waals surface area contributed by atoms with Gasteiger partial charge in [0.25, 0.3) is 10.0 Å². The molecule has 1 N–H and O–H groups in total. The zero-order valence-electron chi connectivity index (χ0n) is 24.1. The van der Waals surface area contributed by atoms with Crippen LogP contribution in [0.25, 0.3) is 0 Å². The van der Waals surface area contributed by atoms with Crippen LogP contribution in [0.15, 0.2) is 125 Å². The van der Waals surface area contributed by atoms with E-state index in [9.17, 15) is 18.0 Å². The molecule has 0 radical (unpaired) electrons. The third kappa shape index (κ3) is 8.78. The van der Waals surface area contributed by atoms with Crippen LogP contribution >= 0.6 is 15.9 Å². The number of anilines is 1. The van der Waals surface area contributed by atoms with Gasteiger partial charge in [-0.2, -0.15) is 0 Å². The van der Waals surface area contributed by atoms with Crippen LogP contribution in [-0.2, 0) is 32.6 Å². The Morgan fingerprint density at radius 2 is 1.37 bits per heavy atom. The zero-order valence-corrected chi connectivity index (χ0v) is 26.5. The van der Waals surface area contributed by atoms with E-state index in [-0.39, 0.29) is 23.8 Å². The van der Waals surface area contributed by atoms with E-state index < -0.39 is 28.5 Å². The van der Waals surface area contributed by atoms with Gasteiger partial charge in [-0.1, -0.05) is 108 Å². The standard InChI is InChI=1S/C34H36BrN3O4S/c1-2-3-23-36-34(40)32(24-27-13-7-4-8-14-27)37(25-28-19-21-29(35)22-20-28)33(39)26-38(30-15-9-5-10-16-30)43(41,42)31-17-11-6-12-18-31/h4-22,32H,2-3,23-26H2,1H3,(H,36,40). The smallest absolute Gasteiger partial charge is 0.264 e. The zero-order chi connectivity index (χ0) is 30.7. The molecule has 9 heteroatoms. The SMILES string of the molecule is CCCCNC(=O)C(Cc1ccccc1)N(Cc1ccc(Br)cc1)C(=O)CN(c1ccccc1)S(=O)(=O)c1ccccc1. The third-order valence-corrected chi connectivity index (χ3v) is 9.34. The van der Waals surface area contributed by atoms with Gasteiger partial charge in [0, 0.05) is 24.0 Å². The molecule has 0 spiro atoms. The number of rotatable bonds is 14. The number of hydrogen-bond donors (Lipinski definition) is 1. The molecule has 0 bridgehead atoms. The molecule has 7 nitrogen and oxygen atoms in total. The maximum Gasteiger partial charge on any atom is 0.264 e. The van der Waals surface area contributed by atoms with Crippen LogP contribution in [0.4, 0.5) is 5.69 Å². The molecule has 0 aliphatic carbocycles. The first-order chi connectivity index (χ1) is 20.8. The van der Waals surface area contributed by atoms with Crippen LogP contribution in [0.5, 0.6) is 0 Å². The Morgan fingerprint density at radius 1 is 0.791 bits per heavy atom. The summed E-state index contributed by atoms with van der Waals surface area (Å²) in [6.45, 7) is 2.17. The summed E-state index contributed by atoms with van der Waals surface area (Å²) in [5.41, 5.74) is 2.06. The Labute approximate surface area is 262 Å². The van der Waals surface area contributed by atoms with Gasteiger partial charge in [0.15, 0.2) is 0 Å². The van der Waals surface area contributed by atoms with E-state index in [0.29, 0.717) is 12.2 Å². The highest BCUT2D eigenvalue weighted by Crippen LogP contribution is 2.25. The minimum absolute atomic E-state index is 0.0734. The molecule has 0 heterocycles. The van der Waals surface area contributed by atoms with Gasteiger partial charge in [-0.15, -0.1) is 0 Å². The Hall–Kier alpha value is -3.95. The Kier molecular flexibility index (Phi) is 11.5. The lowest BCUT2D eigenvalue weighted by molar-refractivity contribution is -0.140. The summed E-state index contributed by atoms with van der Waals surface area (Å²) in [7, 11) is -4.10. The minimum Gasteiger partial charge on any atom is -0.354 e. The second-order valence-electron chi connectivity index (χ2n) is 10.2. The number of nitrogens with zero attached hydrogens (tertiary/aromatic N) is 2. The van der Waals surface area contributed by atoms with Crippen LogP contribution in [0, 0.1) is 0 Å². The van der Waals surface area contributed by atoms with Crippen molar-refractivity contribution in [3.8, 4) is 0 Å². The Balaban J connectivity index is 1.76. The molecule has 0 aliphatic heterocycles. The first kappa shape index (κ1) is 32.0. The highest BCUT2D eigenvalue weighted by atomic mass is 79.9. The number of benzene rings is 4. The van der Waals surface area contributed by atoms with Crippen molar-refractivity contribution < 1.29 is 18.0 Å². The van der Waals surface area contributed by atoms with Crippen LogP contribution in [0.3, 0.4) is 0 Å². The summed E-state index contributed by atoms with van der Waals surface area (Å²) in [6.07, 6.45) is 1.99. The molecule has 1 atom stereocenters. The number of amides is 2. The second kappa shape index (κ2) is 15.5. The van der Waals surface area contributed by atoms with E-state index in [0.717, 1.165) is 32.7 Å². The predicted molar refractivity (Wildman–Crippen MR) is 174 cm³/mol. The fourth-order valence-electron chi connectivity index (χ4n) is 4.69. The van der Waals surface area contributed by atoms with Crippen molar-refractivity contribution in [1.82, 2.24) is 10.2 Å². The molecule has 0 fully saturated rings.